The van der Waals surface area contributed by atoms with E-state index in [9.17, 15) is 4.79 Å². The summed E-state index contributed by atoms with van der Waals surface area (Å²) in [7, 11) is 3.34. The number of hydrogen-bond acceptors (Lipinski definition) is 4. The molecule has 1 aliphatic heterocycles. The largest absolute Gasteiger partial charge is 0.497 e. The maximum atomic E-state index is 12.3. The molecule has 0 radical (unpaired) electrons. The zero-order valence-electron chi connectivity index (χ0n) is 20.9. The van der Waals surface area contributed by atoms with Gasteiger partial charge in [0, 0.05) is 24.2 Å². The molecule has 2 aliphatic rings. The minimum absolute atomic E-state index is 0.144. The number of hydrogen-bond donors (Lipinski definition) is 0. The Morgan fingerprint density at radius 1 is 1.09 bits per heavy atom. The number of carbonyl (C=O) groups excluding carboxylic acids is 1. The summed E-state index contributed by atoms with van der Waals surface area (Å²) in [5.74, 6) is 2.69. The van der Waals surface area contributed by atoms with E-state index < -0.39 is 0 Å². The molecule has 0 unspecified atom stereocenters. The number of benzene rings is 1. The average molecular weight is 524 g/mol. The summed E-state index contributed by atoms with van der Waals surface area (Å²) < 4.78 is 11.7. The number of likely N-dealkylation sites (tertiary alicyclic amines) is 1. The van der Waals surface area contributed by atoms with Crippen LogP contribution in [0, 0.1) is 11.8 Å². The Labute approximate surface area is 209 Å². The molecule has 1 aromatic rings. The van der Waals surface area contributed by atoms with Crippen LogP contribution in [0.25, 0.3) is 0 Å². The monoisotopic (exact) mass is 522 g/mol. The highest BCUT2D eigenvalue weighted by molar-refractivity contribution is 9.10. The van der Waals surface area contributed by atoms with E-state index in [0.717, 1.165) is 43.4 Å². The Morgan fingerprint density at radius 3 is 2.45 bits per heavy atom. The van der Waals surface area contributed by atoms with E-state index in [-0.39, 0.29) is 12.5 Å². The van der Waals surface area contributed by atoms with Crippen molar-refractivity contribution in [3.8, 4) is 5.75 Å². The van der Waals surface area contributed by atoms with Crippen LogP contribution in [-0.2, 0) is 16.0 Å². The number of ether oxygens (including phenoxy) is 2. The van der Waals surface area contributed by atoms with E-state index >= 15 is 0 Å². The molecular formula is C27H43BrN2O3. The van der Waals surface area contributed by atoms with Crippen LogP contribution in [0.2, 0.25) is 0 Å². The number of carbonyl (C=O) groups is 1. The van der Waals surface area contributed by atoms with Crippen molar-refractivity contribution in [1.29, 1.82) is 0 Å². The van der Waals surface area contributed by atoms with Crippen LogP contribution in [0.1, 0.15) is 63.9 Å². The fourth-order valence-corrected chi connectivity index (χ4v) is 6.16. The molecule has 0 spiro atoms. The van der Waals surface area contributed by atoms with Crippen LogP contribution in [0.4, 0.5) is 0 Å². The van der Waals surface area contributed by atoms with E-state index in [2.05, 4.69) is 39.9 Å². The first-order valence-electron chi connectivity index (χ1n) is 12.9. The van der Waals surface area contributed by atoms with Crippen molar-refractivity contribution in [3.63, 3.8) is 0 Å². The van der Waals surface area contributed by atoms with E-state index in [1.165, 1.54) is 68.2 Å². The van der Waals surface area contributed by atoms with Gasteiger partial charge >= 0.3 is 0 Å². The molecule has 0 N–H and O–H groups in total. The van der Waals surface area contributed by atoms with E-state index in [1.54, 1.807) is 14.2 Å². The molecule has 33 heavy (non-hydrogen) atoms. The molecule has 1 saturated carbocycles. The topological polar surface area (TPSA) is 42.0 Å². The van der Waals surface area contributed by atoms with Crippen LogP contribution < -0.4 is 4.74 Å². The molecule has 0 atom stereocenters. The molecule has 3 rings (SSSR count). The lowest BCUT2D eigenvalue weighted by Crippen LogP contribution is -2.43. The van der Waals surface area contributed by atoms with Crippen LogP contribution in [0.5, 0.6) is 5.75 Å². The Morgan fingerprint density at radius 2 is 1.82 bits per heavy atom. The van der Waals surface area contributed by atoms with Crippen LogP contribution in [0.3, 0.4) is 0 Å². The van der Waals surface area contributed by atoms with Gasteiger partial charge in [0.15, 0.2) is 0 Å². The van der Waals surface area contributed by atoms with Crippen molar-refractivity contribution < 1.29 is 14.3 Å². The van der Waals surface area contributed by atoms with Gasteiger partial charge in [-0.2, -0.15) is 0 Å². The van der Waals surface area contributed by atoms with E-state index in [1.807, 2.05) is 11.0 Å². The predicted molar refractivity (Wildman–Crippen MR) is 138 cm³/mol. The molecule has 0 bridgehead atoms. The maximum Gasteiger partial charge on any atom is 0.248 e. The van der Waals surface area contributed by atoms with Crippen molar-refractivity contribution in [2.24, 2.45) is 11.8 Å². The molecule has 2 fully saturated rings. The number of piperidine rings is 1. The zero-order valence-corrected chi connectivity index (χ0v) is 22.4. The van der Waals surface area contributed by atoms with E-state index in [0.29, 0.717) is 6.04 Å². The molecule has 1 saturated heterocycles. The summed E-state index contributed by atoms with van der Waals surface area (Å²) in [5, 5.41) is 0. The first kappa shape index (κ1) is 26.5. The van der Waals surface area contributed by atoms with Crippen LogP contribution in [-0.4, -0.2) is 68.8 Å². The molecular weight excluding hydrogens is 480 g/mol. The minimum atomic E-state index is 0.144. The van der Waals surface area contributed by atoms with Gasteiger partial charge in [-0.25, -0.2) is 0 Å². The molecule has 1 aliphatic carbocycles. The summed E-state index contributed by atoms with van der Waals surface area (Å²) in [5.41, 5.74) is 1.37. The van der Waals surface area contributed by atoms with E-state index in [4.69, 9.17) is 9.47 Å². The standard InChI is InChI=1S/C27H43BrN2O3/c1-4-30(27(31)20-32-2)24-9-7-21(8-10-24)6-5-15-29-16-13-22(14-17-29)18-23-19-25(33-3)11-12-26(23)28/h11-12,19,21-22,24H,4-10,13-18,20H2,1-3H3. The first-order valence-corrected chi connectivity index (χ1v) is 13.7. The number of nitrogens with zero attached hydrogens (tertiary/aromatic N) is 2. The Hall–Kier alpha value is -1.11. The minimum Gasteiger partial charge on any atom is -0.497 e. The number of amides is 1. The third-order valence-corrected chi connectivity index (χ3v) is 8.51. The van der Waals surface area contributed by atoms with Gasteiger partial charge in [-0.3, -0.25) is 4.79 Å². The fourth-order valence-electron chi connectivity index (χ4n) is 5.75. The number of rotatable bonds is 11. The quantitative estimate of drug-likeness (QED) is 0.382. The highest BCUT2D eigenvalue weighted by Crippen LogP contribution is 2.32. The number of likely N-dealkylation sites (N-methyl/N-ethyl adjacent to an activating group) is 1. The fraction of sp³-hybridized carbons (Fsp3) is 0.741. The number of methoxy groups -OCH3 is 2. The van der Waals surface area contributed by atoms with Crippen molar-refractivity contribution in [3.05, 3.63) is 28.2 Å². The highest BCUT2D eigenvalue weighted by Gasteiger charge is 2.28. The summed E-state index contributed by atoms with van der Waals surface area (Å²) >= 11 is 3.71. The lowest BCUT2D eigenvalue weighted by atomic mass is 9.82. The van der Waals surface area contributed by atoms with Crippen LogP contribution >= 0.6 is 15.9 Å². The third-order valence-electron chi connectivity index (χ3n) is 7.74. The van der Waals surface area contributed by atoms with Gasteiger partial charge in [-0.1, -0.05) is 15.9 Å². The zero-order chi connectivity index (χ0) is 23.6. The average Bonchev–Trinajstić information content (AvgIpc) is 2.83. The van der Waals surface area contributed by atoms with Crippen molar-refractivity contribution in [2.75, 3.05) is 47.0 Å². The molecule has 1 heterocycles. The molecule has 5 nitrogen and oxygen atoms in total. The van der Waals surface area contributed by atoms with Gasteiger partial charge < -0.3 is 19.3 Å². The number of halogens is 1. The molecule has 1 aromatic carbocycles. The second-order valence-corrected chi connectivity index (χ2v) is 10.7. The lowest BCUT2D eigenvalue weighted by molar-refractivity contribution is -0.138. The summed E-state index contributed by atoms with van der Waals surface area (Å²) in [6, 6.07) is 6.72. The van der Waals surface area contributed by atoms with Crippen molar-refractivity contribution in [2.45, 2.75) is 70.8 Å². The normalized spacial score (nSPS) is 22.3. The maximum absolute atomic E-state index is 12.3. The molecule has 0 aromatic heterocycles. The van der Waals surface area contributed by atoms with Gasteiger partial charge in [-0.15, -0.1) is 0 Å². The second-order valence-electron chi connectivity index (χ2n) is 9.88. The Balaban J connectivity index is 1.32. The van der Waals surface area contributed by atoms with Crippen molar-refractivity contribution >= 4 is 21.8 Å². The third kappa shape index (κ3) is 7.97. The van der Waals surface area contributed by atoms with Gasteiger partial charge in [0.25, 0.3) is 0 Å². The second kappa shape index (κ2) is 13.7. The predicted octanol–water partition coefficient (Wildman–Crippen LogP) is 5.55. The molecule has 6 heteroatoms. The van der Waals surface area contributed by atoms with Gasteiger partial charge in [0.2, 0.25) is 5.91 Å². The SMILES string of the molecule is CCN(C(=O)COC)C1CCC(CCCN2CCC(Cc3cc(OC)ccc3Br)CC2)CC1. The van der Waals surface area contributed by atoms with Gasteiger partial charge in [0.1, 0.15) is 12.4 Å². The van der Waals surface area contributed by atoms with Gasteiger partial charge in [0.05, 0.1) is 7.11 Å². The Kier molecular flexibility index (Phi) is 11.0. The highest BCUT2D eigenvalue weighted by atomic mass is 79.9. The van der Waals surface area contributed by atoms with Gasteiger partial charge in [-0.05, 0) is 120 Å². The smallest absolute Gasteiger partial charge is 0.248 e. The molecule has 186 valence electrons. The summed E-state index contributed by atoms with van der Waals surface area (Å²) in [6.45, 7) is 6.78. The van der Waals surface area contributed by atoms with Crippen LogP contribution in [0.15, 0.2) is 22.7 Å². The lowest BCUT2D eigenvalue weighted by Gasteiger charge is -2.37. The molecule has 1 amide bonds. The Bertz CT molecular complexity index is 728. The summed E-state index contributed by atoms with van der Waals surface area (Å²) in [4.78, 5) is 17.0. The summed E-state index contributed by atoms with van der Waals surface area (Å²) in [6.07, 6.45) is 11.2. The van der Waals surface area contributed by atoms with Crippen molar-refractivity contribution in [1.82, 2.24) is 9.80 Å². The first-order chi connectivity index (χ1) is 16.0.